The lowest BCUT2D eigenvalue weighted by Gasteiger charge is -2.16. The van der Waals surface area contributed by atoms with Gasteiger partial charge < -0.3 is 0 Å². The monoisotopic (exact) mass is 259 g/mol. The Kier molecular flexibility index (Phi) is 4.29. The fourth-order valence-electron chi connectivity index (χ4n) is 2.19. The molecule has 5 heteroatoms. The highest BCUT2D eigenvalue weighted by atomic mass is 15.3. The predicted molar refractivity (Wildman–Crippen MR) is 75.3 cm³/mol. The van der Waals surface area contributed by atoms with Crippen molar-refractivity contribution in [3.8, 4) is 0 Å². The van der Waals surface area contributed by atoms with Crippen LogP contribution in [0.25, 0.3) is 0 Å². The van der Waals surface area contributed by atoms with Gasteiger partial charge in [0.05, 0.1) is 11.7 Å². The Bertz CT molecular complexity index is 547. The molecule has 0 saturated heterocycles. The zero-order valence-corrected chi connectivity index (χ0v) is 11.7. The minimum absolute atomic E-state index is 0.0486. The summed E-state index contributed by atoms with van der Waals surface area (Å²) in [5.74, 6) is 5.68. The van der Waals surface area contributed by atoms with Crippen molar-refractivity contribution in [2.24, 2.45) is 12.9 Å². The van der Waals surface area contributed by atoms with Gasteiger partial charge in [-0.25, -0.2) is 0 Å². The van der Waals surface area contributed by atoms with Crippen LogP contribution in [0.1, 0.15) is 35.5 Å². The van der Waals surface area contributed by atoms with Crippen molar-refractivity contribution in [2.45, 2.75) is 32.7 Å². The number of hydrogen-bond acceptors (Lipinski definition) is 4. The van der Waals surface area contributed by atoms with Crippen LogP contribution in [0.2, 0.25) is 0 Å². The zero-order valence-electron chi connectivity index (χ0n) is 11.7. The second-order valence-electron chi connectivity index (χ2n) is 4.82. The maximum absolute atomic E-state index is 5.68. The molecule has 0 spiro atoms. The number of aromatic nitrogens is 3. The SMILES string of the molecule is CCc1cc(CC(NN)c2cncc(C)c2)n(C)n1. The number of nitrogens with two attached hydrogens (primary N) is 1. The van der Waals surface area contributed by atoms with E-state index in [9.17, 15) is 0 Å². The summed E-state index contributed by atoms with van der Waals surface area (Å²) in [6.07, 6.45) is 5.44. The average molecular weight is 259 g/mol. The molecule has 0 fully saturated rings. The summed E-state index contributed by atoms with van der Waals surface area (Å²) in [4.78, 5) is 4.22. The maximum Gasteiger partial charge on any atom is 0.0624 e. The van der Waals surface area contributed by atoms with E-state index in [-0.39, 0.29) is 6.04 Å². The van der Waals surface area contributed by atoms with Gasteiger partial charge in [-0.15, -0.1) is 0 Å². The number of hydrazine groups is 1. The van der Waals surface area contributed by atoms with Crippen molar-refractivity contribution >= 4 is 0 Å². The van der Waals surface area contributed by atoms with Gasteiger partial charge in [0.25, 0.3) is 0 Å². The molecule has 5 nitrogen and oxygen atoms in total. The van der Waals surface area contributed by atoms with E-state index >= 15 is 0 Å². The highest BCUT2D eigenvalue weighted by Gasteiger charge is 2.14. The molecular formula is C14H21N5. The Hall–Kier alpha value is -1.72. The minimum atomic E-state index is 0.0486. The molecule has 2 aromatic heterocycles. The number of rotatable bonds is 5. The number of pyridine rings is 1. The molecule has 0 amide bonds. The number of hydrogen-bond donors (Lipinski definition) is 2. The van der Waals surface area contributed by atoms with Crippen LogP contribution in [0, 0.1) is 6.92 Å². The van der Waals surface area contributed by atoms with E-state index in [4.69, 9.17) is 5.84 Å². The first-order chi connectivity index (χ1) is 9.13. The van der Waals surface area contributed by atoms with Crippen molar-refractivity contribution in [1.82, 2.24) is 20.2 Å². The van der Waals surface area contributed by atoms with Crippen molar-refractivity contribution in [3.05, 3.63) is 47.0 Å². The highest BCUT2D eigenvalue weighted by Crippen LogP contribution is 2.18. The Morgan fingerprint density at radius 2 is 2.16 bits per heavy atom. The molecule has 0 bridgehead atoms. The summed E-state index contributed by atoms with van der Waals surface area (Å²) in [7, 11) is 1.97. The molecule has 102 valence electrons. The summed E-state index contributed by atoms with van der Waals surface area (Å²) in [5.41, 5.74) is 7.38. The molecule has 1 atom stereocenters. The molecule has 0 saturated carbocycles. The van der Waals surface area contributed by atoms with Crippen LogP contribution in [-0.2, 0) is 19.9 Å². The summed E-state index contributed by atoms with van der Waals surface area (Å²) in [6, 6.07) is 4.29. The molecule has 3 N–H and O–H groups in total. The normalized spacial score (nSPS) is 12.6. The van der Waals surface area contributed by atoms with Crippen molar-refractivity contribution in [3.63, 3.8) is 0 Å². The van der Waals surface area contributed by atoms with Crippen LogP contribution >= 0.6 is 0 Å². The molecule has 0 aromatic carbocycles. The standard InChI is InChI=1S/C14H21N5/c1-4-12-6-13(19(3)18-12)7-14(17-15)11-5-10(2)8-16-9-11/h5-6,8-9,14,17H,4,7,15H2,1-3H3. The van der Waals surface area contributed by atoms with Gasteiger partial charge >= 0.3 is 0 Å². The summed E-state index contributed by atoms with van der Waals surface area (Å²) < 4.78 is 1.92. The molecule has 1 unspecified atom stereocenters. The Morgan fingerprint density at radius 1 is 1.37 bits per heavy atom. The van der Waals surface area contributed by atoms with Gasteiger partial charge in [0, 0.05) is 31.6 Å². The fraction of sp³-hybridized carbons (Fsp3) is 0.429. The minimum Gasteiger partial charge on any atom is -0.272 e. The van der Waals surface area contributed by atoms with Crippen molar-refractivity contribution in [2.75, 3.05) is 0 Å². The van der Waals surface area contributed by atoms with Gasteiger partial charge in [-0.05, 0) is 30.5 Å². The fourth-order valence-corrected chi connectivity index (χ4v) is 2.19. The average Bonchev–Trinajstić information content (AvgIpc) is 2.76. The first-order valence-corrected chi connectivity index (χ1v) is 6.53. The largest absolute Gasteiger partial charge is 0.272 e. The van der Waals surface area contributed by atoms with E-state index in [0.717, 1.165) is 29.7 Å². The van der Waals surface area contributed by atoms with E-state index in [1.165, 1.54) is 5.69 Å². The molecule has 2 aromatic rings. The lowest BCUT2D eigenvalue weighted by Crippen LogP contribution is -2.30. The second kappa shape index (κ2) is 5.95. The van der Waals surface area contributed by atoms with E-state index in [0.29, 0.717) is 0 Å². The molecule has 19 heavy (non-hydrogen) atoms. The zero-order chi connectivity index (χ0) is 13.8. The Labute approximate surface area is 113 Å². The second-order valence-corrected chi connectivity index (χ2v) is 4.82. The molecule has 0 aliphatic heterocycles. The third kappa shape index (κ3) is 3.19. The summed E-state index contributed by atoms with van der Waals surface area (Å²) >= 11 is 0. The summed E-state index contributed by atoms with van der Waals surface area (Å²) in [5, 5.41) is 4.46. The van der Waals surface area contributed by atoms with Gasteiger partial charge in [0.2, 0.25) is 0 Å². The topological polar surface area (TPSA) is 68.8 Å². The van der Waals surface area contributed by atoms with Crippen LogP contribution in [0.3, 0.4) is 0 Å². The molecule has 0 aliphatic rings. The number of nitrogens with one attached hydrogen (secondary N) is 1. The van der Waals surface area contributed by atoms with Gasteiger partial charge in [-0.3, -0.25) is 20.9 Å². The van der Waals surface area contributed by atoms with E-state index < -0.39 is 0 Å². The predicted octanol–water partition coefficient (Wildman–Crippen LogP) is 1.43. The Morgan fingerprint density at radius 3 is 2.74 bits per heavy atom. The van der Waals surface area contributed by atoms with Crippen molar-refractivity contribution in [1.29, 1.82) is 0 Å². The first-order valence-electron chi connectivity index (χ1n) is 6.53. The van der Waals surface area contributed by atoms with Crippen LogP contribution in [-0.4, -0.2) is 14.8 Å². The number of aryl methyl sites for hydroxylation is 3. The lowest BCUT2D eigenvalue weighted by atomic mass is 10.0. The molecule has 2 heterocycles. The van der Waals surface area contributed by atoms with Crippen LogP contribution in [0.4, 0.5) is 0 Å². The van der Waals surface area contributed by atoms with Gasteiger partial charge in [0.15, 0.2) is 0 Å². The quantitative estimate of drug-likeness (QED) is 0.629. The molecule has 0 aliphatic carbocycles. The van der Waals surface area contributed by atoms with Gasteiger partial charge in [-0.2, -0.15) is 5.10 Å². The molecular weight excluding hydrogens is 238 g/mol. The van der Waals surface area contributed by atoms with E-state index in [1.54, 1.807) is 0 Å². The third-order valence-corrected chi connectivity index (χ3v) is 3.30. The smallest absolute Gasteiger partial charge is 0.0624 e. The first kappa shape index (κ1) is 13.7. The van der Waals surface area contributed by atoms with Crippen LogP contribution in [0.15, 0.2) is 24.5 Å². The molecule has 2 rings (SSSR count). The van der Waals surface area contributed by atoms with E-state index in [2.05, 4.69) is 34.6 Å². The van der Waals surface area contributed by atoms with Gasteiger partial charge in [-0.1, -0.05) is 13.0 Å². The van der Waals surface area contributed by atoms with Gasteiger partial charge in [0.1, 0.15) is 0 Å². The van der Waals surface area contributed by atoms with Crippen LogP contribution < -0.4 is 11.3 Å². The number of nitrogens with zero attached hydrogens (tertiary/aromatic N) is 3. The van der Waals surface area contributed by atoms with Crippen molar-refractivity contribution < 1.29 is 0 Å². The Balaban J connectivity index is 2.21. The third-order valence-electron chi connectivity index (χ3n) is 3.30. The highest BCUT2D eigenvalue weighted by molar-refractivity contribution is 5.22. The van der Waals surface area contributed by atoms with Crippen LogP contribution in [0.5, 0.6) is 0 Å². The maximum atomic E-state index is 5.68. The van der Waals surface area contributed by atoms with E-state index in [1.807, 2.05) is 31.0 Å². The molecule has 0 radical (unpaired) electrons. The lowest BCUT2D eigenvalue weighted by molar-refractivity contribution is 0.528. The summed E-state index contributed by atoms with van der Waals surface area (Å²) in [6.45, 7) is 4.14.